The summed E-state index contributed by atoms with van der Waals surface area (Å²) in [5.41, 5.74) is 2.22. The van der Waals surface area contributed by atoms with Crippen LogP contribution in [0.15, 0.2) is 47.7 Å². The minimum absolute atomic E-state index is 0.654. The molecular formula is C15H21N5. The van der Waals surface area contributed by atoms with Crippen molar-refractivity contribution in [2.75, 3.05) is 28.2 Å². The molecule has 0 aliphatic rings. The summed E-state index contributed by atoms with van der Waals surface area (Å²) in [5, 5.41) is 4.24. The molecule has 1 aromatic heterocycles. The molecule has 0 radical (unpaired) electrons. The SMILES string of the molecule is CN(C)C(=NCc1cccc(-n2cccn2)c1)N(C)C. The van der Waals surface area contributed by atoms with Crippen molar-refractivity contribution in [3.8, 4) is 5.69 Å². The summed E-state index contributed by atoms with van der Waals surface area (Å²) in [6, 6.07) is 10.2. The second-order valence-electron chi connectivity index (χ2n) is 5.03. The molecule has 0 N–H and O–H groups in total. The summed E-state index contributed by atoms with van der Waals surface area (Å²) in [6.45, 7) is 0.654. The molecule has 0 aliphatic heterocycles. The highest BCUT2D eigenvalue weighted by molar-refractivity contribution is 5.79. The number of aromatic nitrogens is 2. The molecule has 0 spiro atoms. The smallest absolute Gasteiger partial charge is 0.195 e. The molecule has 0 atom stereocenters. The molecule has 106 valence electrons. The van der Waals surface area contributed by atoms with Gasteiger partial charge in [0.25, 0.3) is 0 Å². The fourth-order valence-corrected chi connectivity index (χ4v) is 2.06. The van der Waals surface area contributed by atoms with Crippen LogP contribution >= 0.6 is 0 Å². The van der Waals surface area contributed by atoms with E-state index in [0.29, 0.717) is 6.54 Å². The summed E-state index contributed by atoms with van der Waals surface area (Å²) in [6.07, 6.45) is 3.72. The lowest BCUT2D eigenvalue weighted by atomic mass is 10.2. The zero-order valence-electron chi connectivity index (χ0n) is 12.5. The predicted molar refractivity (Wildman–Crippen MR) is 82.1 cm³/mol. The first kappa shape index (κ1) is 14.1. The minimum atomic E-state index is 0.654. The highest BCUT2D eigenvalue weighted by atomic mass is 15.3. The molecule has 0 fully saturated rings. The second-order valence-corrected chi connectivity index (χ2v) is 5.03. The minimum Gasteiger partial charge on any atom is -0.349 e. The molecule has 5 nitrogen and oxygen atoms in total. The van der Waals surface area contributed by atoms with Gasteiger partial charge in [-0.3, -0.25) is 0 Å². The number of nitrogens with zero attached hydrogens (tertiary/aromatic N) is 5. The van der Waals surface area contributed by atoms with E-state index in [1.165, 1.54) is 5.56 Å². The number of benzene rings is 1. The number of guanidine groups is 1. The lowest BCUT2D eigenvalue weighted by Crippen LogP contribution is -2.35. The van der Waals surface area contributed by atoms with E-state index in [0.717, 1.165) is 11.6 Å². The standard InChI is InChI=1S/C15H21N5/c1-18(2)15(19(3)4)16-12-13-7-5-8-14(11-13)20-10-6-9-17-20/h5-11H,12H2,1-4H3. The average molecular weight is 271 g/mol. The highest BCUT2D eigenvalue weighted by Gasteiger charge is 2.04. The van der Waals surface area contributed by atoms with Gasteiger partial charge < -0.3 is 9.80 Å². The van der Waals surface area contributed by atoms with E-state index in [2.05, 4.69) is 22.2 Å². The van der Waals surface area contributed by atoms with Crippen LogP contribution in [-0.4, -0.2) is 53.7 Å². The van der Waals surface area contributed by atoms with Crippen LogP contribution in [0.25, 0.3) is 5.69 Å². The van der Waals surface area contributed by atoms with E-state index in [-0.39, 0.29) is 0 Å². The Balaban J connectivity index is 2.18. The second kappa shape index (κ2) is 6.23. The normalized spacial score (nSPS) is 10.2. The molecule has 0 aliphatic carbocycles. The van der Waals surface area contributed by atoms with Crippen LogP contribution < -0.4 is 0 Å². The molecule has 1 aromatic carbocycles. The average Bonchev–Trinajstić information content (AvgIpc) is 2.92. The maximum absolute atomic E-state index is 4.65. The van der Waals surface area contributed by atoms with Gasteiger partial charge in [-0.05, 0) is 23.8 Å². The van der Waals surface area contributed by atoms with E-state index in [1.54, 1.807) is 6.20 Å². The molecule has 0 saturated heterocycles. The molecule has 1 heterocycles. The van der Waals surface area contributed by atoms with Crippen molar-refractivity contribution < 1.29 is 0 Å². The van der Waals surface area contributed by atoms with Gasteiger partial charge in [-0.1, -0.05) is 12.1 Å². The van der Waals surface area contributed by atoms with Gasteiger partial charge in [-0.15, -0.1) is 0 Å². The summed E-state index contributed by atoms with van der Waals surface area (Å²) in [5.74, 6) is 0.953. The lowest BCUT2D eigenvalue weighted by molar-refractivity contribution is 0.479. The Bertz CT molecular complexity index is 560. The summed E-state index contributed by atoms with van der Waals surface area (Å²) < 4.78 is 1.85. The molecule has 0 amide bonds. The molecule has 0 saturated carbocycles. The van der Waals surface area contributed by atoms with Crippen LogP contribution in [0.2, 0.25) is 0 Å². The van der Waals surface area contributed by atoms with Gasteiger partial charge in [0.2, 0.25) is 0 Å². The van der Waals surface area contributed by atoms with Gasteiger partial charge in [-0.25, -0.2) is 9.67 Å². The van der Waals surface area contributed by atoms with E-state index in [4.69, 9.17) is 0 Å². The molecule has 2 aromatic rings. The van der Waals surface area contributed by atoms with Crippen molar-refractivity contribution in [2.45, 2.75) is 6.54 Å². The van der Waals surface area contributed by atoms with Gasteiger partial charge in [0, 0.05) is 40.6 Å². The Morgan fingerprint density at radius 1 is 1.15 bits per heavy atom. The fourth-order valence-electron chi connectivity index (χ4n) is 2.06. The third kappa shape index (κ3) is 3.38. The fraction of sp³-hybridized carbons (Fsp3) is 0.333. The van der Waals surface area contributed by atoms with Crippen molar-refractivity contribution >= 4 is 5.96 Å². The quantitative estimate of drug-likeness (QED) is 0.631. The van der Waals surface area contributed by atoms with Gasteiger partial charge in [0.15, 0.2) is 5.96 Å². The van der Waals surface area contributed by atoms with Gasteiger partial charge in [0.1, 0.15) is 0 Å². The van der Waals surface area contributed by atoms with Crippen LogP contribution in [0, 0.1) is 0 Å². The van der Waals surface area contributed by atoms with Crippen LogP contribution in [0.3, 0.4) is 0 Å². The number of rotatable bonds is 3. The summed E-state index contributed by atoms with van der Waals surface area (Å²) >= 11 is 0. The topological polar surface area (TPSA) is 36.7 Å². The first-order chi connectivity index (χ1) is 9.58. The molecule has 0 bridgehead atoms. The first-order valence-corrected chi connectivity index (χ1v) is 6.56. The Morgan fingerprint density at radius 2 is 1.90 bits per heavy atom. The highest BCUT2D eigenvalue weighted by Crippen LogP contribution is 2.10. The number of aliphatic imine (C=N–C) groups is 1. The third-order valence-electron chi connectivity index (χ3n) is 2.88. The van der Waals surface area contributed by atoms with Crippen molar-refractivity contribution in [3.05, 3.63) is 48.3 Å². The van der Waals surface area contributed by atoms with E-state index >= 15 is 0 Å². The Hall–Kier alpha value is -2.30. The van der Waals surface area contributed by atoms with Crippen molar-refractivity contribution in [3.63, 3.8) is 0 Å². The van der Waals surface area contributed by atoms with E-state index < -0.39 is 0 Å². The van der Waals surface area contributed by atoms with E-state index in [1.807, 2.05) is 67.1 Å². The molecule has 2 rings (SSSR count). The largest absolute Gasteiger partial charge is 0.349 e. The van der Waals surface area contributed by atoms with Crippen LogP contribution in [0.4, 0.5) is 0 Å². The lowest BCUT2D eigenvalue weighted by Gasteiger charge is -2.22. The predicted octanol–water partition coefficient (Wildman–Crippen LogP) is 1.85. The third-order valence-corrected chi connectivity index (χ3v) is 2.88. The maximum Gasteiger partial charge on any atom is 0.195 e. The summed E-state index contributed by atoms with van der Waals surface area (Å²) in [7, 11) is 8.00. The Morgan fingerprint density at radius 3 is 2.50 bits per heavy atom. The van der Waals surface area contributed by atoms with Crippen molar-refractivity contribution in [2.24, 2.45) is 4.99 Å². The summed E-state index contributed by atoms with van der Waals surface area (Å²) in [4.78, 5) is 8.68. The Labute approximate surface area is 120 Å². The van der Waals surface area contributed by atoms with Crippen LogP contribution in [0.1, 0.15) is 5.56 Å². The monoisotopic (exact) mass is 271 g/mol. The number of hydrogen-bond donors (Lipinski definition) is 0. The first-order valence-electron chi connectivity index (χ1n) is 6.56. The van der Waals surface area contributed by atoms with Gasteiger partial charge >= 0.3 is 0 Å². The van der Waals surface area contributed by atoms with Crippen LogP contribution in [0.5, 0.6) is 0 Å². The van der Waals surface area contributed by atoms with Crippen molar-refractivity contribution in [1.82, 2.24) is 19.6 Å². The zero-order chi connectivity index (χ0) is 14.5. The molecule has 0 unspecified atom stereocenters. The van der Waals surface area contributed by atoms with Crippen molar-refractivity contribution in [1.29, 1.82) is 0 Å². The van der Waals surface area contributed by atoms with Crippen LogP contribution in [-0.2, 0) is 6.54 Å². The molecular weight excluding hydrogens is 250 g/mol. The zero-order valence-corrected chi connectivity index (χ0v) is 12.5. The molecule has 5 heteroatoms. The Kier molecular flexibility index (Phi) is 4.40. The number of hydrogen-bond acceptors (Lipinski definition) is 2. The van der Waals surface area contributed by atoms with Gasteiger partial charge in [0.05, 0.1) is 12.2 Å². The van der Waals surface area contributed by atoms with E-state index in [9.17, 15) is 0 Å². The van der Waals surface area contributed by atoms with Gasteiger partial charge in [-0.2, -0.15) is 5.10 Å². The molecule has 20 heavy (non-hydrogen) atoms. The maximum atomic E-state index is 4.65.